The molecule has 1 amide bonds. The molecule has 0 atom stereocenters. The van der Waals surface area contributed by atoms with Crippen LogP contribution in [0.2, 0.25) is 0 Å². The molecule has 0 aromatic carbocycles. The summed E-state index contributed by atoms with van der Waals surface area (Å²) in [4.78, 5) is 14.0. The van der Waals surface area contributed by atoms with E-state index in [0.717, 1.165) is 6.54 Å². The van der Waals surface area contributed by atoms with Gasteiger partial charge in [-0.05, 0) is 33.7 Å². The maximum atomic E-state index is 11.9. The van der Waals surface area contributed by atoms with Gasteiger partial charge in [0.1, 0.15) is 5.41 Å². The van der Waals surface area contributed by atoms with Gasteiger partial charge >= 0.3 is 0 Å². The van der Waals surface area contributed by atoms with Gasteiger partial charge in [-0.15, -0.1) is 0 Å². The minimum atomic E-state index is -0.745. The predicted octanol–water partition coefficient (Wildman–Crippen LogP) is -0.0306. The lowest BCUT2D eigenvalue weighted by molar-refractivity contribution is -0.124. The van der Waals surface area contributed by atoms with E-state index in [1.807, 2.05) is 7.05 Å². The number of oxime groups is 1. The molecule has 0 radical (unpaired) electrons. The van der Waals surface area contributed by atoms with E-state index in [4.69, 9.17) is 10.9 Å². The lowest BCUT2D eigenvalue weighted by atomic mass is 10.1. The molecule has 1 saturated carbocycles. The second-order valence-electron chi connectivity index (χ2n) is 4.90. The van der Waals surface area contributed by atoms with E-state index in [9.17, 15) is 4.79 Å². The zero-order valence-corrected chi connectivity index (χ0v) is 10.7. The standard InChI is InChI=1S/C11H22N4O2/c1-8(2)15(3)7-6-13-10(16)11(4-5-11)9(12)14-17/h8,17H,4-7H2,1-3H3,(H2,12,14)(H,13,16). The summed E-state index contributed by atoms with van der Waals surface area (Å²) in [6.45, 7) is 5.56. The summed E-state index contributed by atoms with van der Waals surface area (Å²) >= 11 is 0. The first-order valence-electron chi connectivity index (χ1n) is 5.90. The van der Waals surface area contributed by atoms with Gasteiger partial charge < -0.3 is 21.2 Å². The molecular weight excluding hydrogens is 220 g/mol. The zero-order valence-electron chi connectivity index (χ0n) is 10.7. The number of amidine groups is 1. The summed E-state index contributed by atoms with van der Waals surface area (Å²) in [5, 5.41) is 14.4. The fourth-order valence-corrected chi connectivity index (χ4v) is 1.59. The van der Waals surface area contributed by atoms with Gasteiger partial charge in [0, 0.05) is 19.1 Å². The highest BCUT2D eigenvalue weighted by atomic mass is 16.4. The number of carbonyl (C=O) groups excluding carboxylic acids is 1. The highest BCUT2D eigenvalue weighted by molar-refractivity contribution is 6.09. The molecule has 0 saturated heterocycles. The molecule has 0 heterocycles. The molecule has 0 spiro atoms. The first-order valence-corrected chi connectivity index (χ1v) is 5.90. The number of amides is 1. The van der Waals surface area contributed by atoms with Gasteiger partial charge in [-0.3, -0.25) is 4.79 Å². The van der Waals surface area contributed by atoms with Crippen molar-refractivity contribution in [3.8, 4) is 0 Å². The van der Waals surface area contributed by atoms with Crippen LogP contribution in [-0.4, -0.2) is 48.0 Å². The van der Waals surface area contributed by atoms with Gasteiger partial charge in [0.05, 0.1) is 0 Å². The first kappa shape index (κ1) is 13.8. The summed E-state index contributed by atoms with van der Waals surface area (Å²) in [5.41, 5.74) is 4.78. The molecule has 1 fully saturated rings. The van der Waals surface area contributed by atoms with Crippen LogP contribution in [0.25, 0.3) is 0 Å². The van der Waals surface area contributed by atoms with Crippen molar-refractivity contribution < 1.29 is 10.0 Å². The second kappa shape index (κ2) is 5.35. The topological polar surface area (TPSA) is 91.0 Å². The minimum absolute atomic E-state index is 0.0206. The van der Waals surface area contributed by atoms with Crippen molar-refractivity contribution in [2.45, 2.75) is 32.7 Å². The average Bonchev–Trinajstić information content (AvgIpc) is 3.08. The van der Waals surface area contributed by atoms with Crippen molar-refractivity contribution in [3.63, 3.8) is 0 Å². The van der Waals surface area contributed by atoms with E-state index < -0.39 is 5.41 Å². The van der Waals surface area contributed by atoms with E-state index in [-0.39, 0.29) is 11.7 Å². The minimum Gasteiger partial charge on any atom is -0.409 e. The van der Waals surface area contributed by atoms with Crippen molar-refractivity contribution in [2.75, 3.05) is 20.1 Å². The SMILES string of the molecule is CC(C)N(C)CCNC(=O)C1(C(N)=NO)CC1. The number of likely N-dealkylation sites (N-methyl/N-ethyl adjacent to an activating group) is 1. The Morgan fingerprint density at radius 1 is 1.59 bits per heavy atom. The fourth-order valence-electron chi connectivity index (χ4n) is 1.59. The summed E-state index contributed by atoms with van der Waals surface area (Å²) in [6.07, 6.45) is 1.32. The van der Waals surface area contributed by atoms with E-state index in [0.29, 0.717) is 25.4 Å². The van der Waals surface area contributed by atoms with Crippen LogP contribution < -0.4 is 11.1 Å². The molecule has 0 bridgehead atoms. The first-order chi connectivity index (χ1) is 7.94. The number of hydrogen-bond donors (Lipinski definition) is 3. The Kier molecular flexibility index (Phi) is 4.34. The molecule has 6 nitrogen and oxygen atoms in total. The summed E-state index contributed by atoms with van der Waals surface area (Å²) in [5.74, 6) is -0.114. The molecule has 1 rings (SSSR count). The Hall–Kier alpha value is -1.30. The van der Waals surface area contributed by atoms with Gasteiger partial charge in [-0.25, -0.2) is 0 Å². The highest BCUT2D eigenvalue weighted by Crippen LogP contribution is 2.45. The van der Waals surface area contributed by atoms with Gasteiger partial charge in [0.25, 0.3) is 0 Å². The number of nitrogens with zero attached hydrogens (tertiary/aromatic N) is 2. The van der Waals surface area contributed by atoms with Gasteiger partial charge in [0.2, 0.25) is 5.91 Å². The molecule has 1 aliphatic rings. The molecular formula is C11H22N4O2. The van der Waals surface area contributed by atoms with Crippen molar-refractivity contribution in [2.24, 2.45) is 16.3 Å². The third kappa shape index (κ3) is 3.09. The van der Waals surface area contributed by atoms with Gasteiger partial charge in [-0.2, -0.15) is 0 Å². The Morgan fingerprint density at radius 3 is 2.59 bits per heavy atom. The van der Waals surface area contributed by atoms with Crippen molar-refractivity contribution in [3.05, 3.63) is 0 Å². The van der Waals surface area contributed by atoms with Crippen molar-refractivity contribution in [1.82, 2.24) is 10.2 Å². The molecule has 0 aromatic rings. The molecule has 17 heavy (non-hydrogen) atoms. The number of nitrogens with two attached hydrogens (primary N) is 1. The lowest BCUT2D eigenvalue weighted by Crippen LogP contribution is -2.43. The zero-order chi connectivity index (χ0) is 13.1. The number of carbonyl (C=O) groups is 1. The van der Waals surface area contributed by atoms with Crippen molar-refractivity contribution >= 4 is 11.7 Å². The summed E-state index contributed by atoms with van der Waals surface area (Å²) in [7, 11) is 2.01. The van der Waals surface area contributed by atoms with Crippen LogP contribution >= 0.6 is 0 Å². The van der Waals surface area contributed by atoms with Crippen LogP contribution in [-0.2, 0) is 4.79 Å². The molecule has 98 valence electrons. The largest absolute Gasteiger partial charge is 0.409 e. The predicted molar refractivity (Wildman–Crippen MR) is 65.9 cm³/mol. The van der Waals surface area contributed by atoms with E-state index in [2.05, 4.69) is 29.2 Å². The van der Waals surface area contributed by atoms with Gasteiger partial charge in [0.15, 0.2) is 5.84 Å². The molecule has 0 unspecified atom stereocenters. The van der Waals surface area contributed by atoms with E-state index >= 15 is 0 Å². The maximum Gasteiger partial charge on any atom is 0.234 e. The van der Waals surface area contributed by atoms with Crippen LogP contribution in [0.4, 0.5) is 0 Å². The third-order valence-corrected chi connectivity index (χ3v) is 3.41. The summed E-state index contributed by atoms with van der Waals surface area (Å²) in [6, 6.07) is 0.450. The van der Waals surface area contributed by atoms with Crippen molar-refractivity contribution in [1.29, 1.82) is 0 Å². The monoisotopic (exact) mass is 242 g/mol. The number of nitrogens with one attached hydrogen (secondary N) is 1. The van der Waals surface area contributed by atoms with Gasteiger partial charge in [-0.1, -0.05) is 5.16 Å². The normalized spacial score (nSPS) is 18.5. The molecule has 1 aliphatic carbocycles. The van der Waals surface area contributed by atoms with Crippen LogP contribution in [0.5, 0.6) is 0 Å². The average molecular weight is 242 g/mol. The Bertz CT molecular complexity index is 311. The quantitative estimate of drug-likeness (QED) is 0.264. The number of rotatable bonds is 6. The van der Waals surface area contributed by atoms with Crippen LogP contribution in [0, 0.1) is 5.41 Å². The molecule has 0 aromatic heterocycles. The van der Waals surface area contributed by atoms with Crippen LogP contribution in [0.3, 0.4) is 0 Å². The number of hydrogen-bond acceptors (Lipinski definition) is 4. The highest BCUT2D eigenvalue weighted by Gasteiger charge is 2.54. The van der Waals surface area contributed by atoms with Crippen LogP contribution in [0.15, 0.2) is 5.16 Å². The Morgan fingerprint density at radius 2 is 2.18 bits per heavy atom. The fraction of sp³-hybridized carbons (Fsp3) is 0.818. The van der Waals surface area contributed by atoms with Crippen LogP contribution in [0.1, 0.15) is 26.7 Å². The smallest absolute Gasteiger partial charge is 0.234 e. The molecule has 0 aliphatic heterocycles. The maximum absolute atomic E-state index is 11.9. The van der Waals surface area contributed by atoms with E-state index in [1.165, 1.54) is 0 Å². The second-order valence-corrected chi connectivity index (χ2v) is 4.90. The third-order valence-electron chi connectivity index (χ3n) is 3.41. The Balaban J connectivity index is 2.36. The lowest BCUT2D eigenvalue weighted by Gasteiger charge is -2.21. The molecule has 4 N–H and O–H groups in total. The summed E-state index contributed by atoms with van der Waals surface area (Å²) < 4.78 is 0. The van der Waals surface area contributed by atoms with E-state index in [1.54, 1.807) is 0 Å². The molecule has 6 heteroatoms. The Labute approximate surface area is 102 Å².